The molecule has 0 fully saturated rings. The standard InChI is InChI=1S/C11H14Br2N2O2/c1-6(14)2-7-3-8(12)11(9(13)4-7)17-5-10(15)16/h3-4,6H,2,5,14H2,1H3,(H2,15,16). The Morgan fingerprint density at radius 1 is 1.41 bits per heavy atom. The maximum Gasteiger partial charge on any atom is 0.255 e. The number of nitrogens with two attached hydrogens (primary N) is 2. The number of carbonyl (C=O) groups is 1. The van der Waals surface area contributed by atoms with Crippen LogP contribution in [0.25, 0.3) is 0 Å². The van der Waals surface area contributed by atoms with Crippen LogP contribution in [0.3, 0.4) is 0 Å². The van der Waals surface area contributed by atoms with Crippen molar-refractivity contribution in [1.29, 1.82) is 0 Å². The van der Waals surface area contributed by atoms with Gasteiger partial charge in [0.15, 0.2) is 6.61 Å². The highest BCUT2D eigenvalue weighted by Gasteiger charge is 2.10. The molecule has 1 atom stereocenters. The second-order valence-electron chi connectivity index (χ2n) is 3.82. The maximum absolute atomic E-state index is 10.7. The van der Waals surface area contributed by atoms with Crippen molar-refractivity contribution in [2.24, 2.45) is 11.5 Å². The molecule has 0 radical (unpaired) electrons. The van der Waals surface area contributed by atoms with Crippen LogP contribution >= 0.6 is 31.9 Å². The first-order valence-electron chi connectivity index (χ1n) is 5.04. The first-order chi connectivity index (χ1) is 7.90. The number of hydrogen-bond donors (Lipinski definition) is 2. The number of hydrogen-bond acceptors (Lipinski definition) is 3. The van der Waals surface area contributed by atoms with Crippen molar-refractivity contribution in [3.8, 4) is 5.75 Å². The maximum atomic E-state index is 10.7. The first-order valence-corrected chi connectivity index (χ1v) is 6.63. The molecular formula is C11H14Br2N2O2. The molecule has 4 nitrogen and oxygen atoms in total. The number of halogens is 2. The molecule has 0 saturated carbocycles. The fourth-order valence-electron chi connectivity index (χ4n) is 1.38. The van der Waals surface area contributed by atoms with Crippen LogP contribution in [0.1, 0.15) is 12.5 Å². The summed E-state index contributed by atoms with van der Waals surface area (Å²) in [7, 11) is 0. The van der Waals surface area contributed by atoms with Gasteiger partial charge in [0.25, 0.3) is 5.91 Å². The van der Waals surface area contributed by atoms with E-state index in [0.29, 0.717) is 5.75 Å². The van der Waals surface area contributed by atoms with Gasteiger partial charge >= 0.3 is 0 Å². The Hall–Kier alpha value is -0.590. The van der Waals surface area contributed by atoms with E-state index < -0.39 is 5.91 Å². The van der Waals surface area contributed by atoms with Gasteiger partial charge in [-0.1, -0.05) is 0 Å². The second-order valence-corrected chi connectivity index (χ2v) is 5.53. The number of rotatable bonds is 5. The third-order valence-corrected chi connectivity index (χ3v) is 3.15. The van der Waals surface area contributed by atoms with Gasteiger partial charge in [0.05, 0.1) is 8.95 Å². The Balaban J connectivity index is 2.90. The van der Waals surface area contributed by atoms with Gasteiger partial charge < -0.3 is 16.2 Å². The summed E-state index contributed by atoms with van der Waals surface area (Å²) in [5.74, 6) is 0.0562. The molecule has 1 rings (SSSR count). The lowest BCUT2D eigenvalue weighted by molar-refractivity contribution is -0.119. The van der Waals surface area contributed by atoms with Crippen molar-refractivity contribution in [2.45, 2.75) is 19.4 Å². The molecule has 6 heteroatoms. The van der Waals surface area contributed by atoms with Crippen LogP contribution in [-0.4, -0.2) is 18.6 Å². The monoisotopic (exact) mass is 364 g/mol. The fourth-order valence-corrected chi connectivity index (χ4v) is 2.89. The van der Waals surface area contributed by atoms with Crippen molar-refractivity contribution in [1.82, 2.24) is 0 Å². The van der Waals surface area contributed by atoms with Gasteiger partial charge in [-0.3, -0.25) is 4.79 Å². The van der Waals surface area contributed by atoms with Crippen LogP contribution in [0.5, 0.6) is 5.75 Å². The second kappa shape index (κ2) is 6.37. The van der Waals surface area contributed by atoms with Crippen LogP contribution < -0.4 is 16.2 Å². The summed E-state index contributed by atoms with van der Waals surface area (Å²) in [6.07, 6.45) is 0.771. The number of carbonyl (C=O) groups excluding carboxylic acids is 1. The summed E-state index contributed by atoms with van der Waals surface area (Å²) in [5, 5.41) is 0. The van der Waals surface area contributed by atoms with E-state index in [2.05, 4.69) is 31.9 Å². The largest absolute Gasteiger partial charge is 0.481 e. The Morgan fingerprint density at radius 3 is 2.35 bits per heavy atom. The van der Waals surface area contributed by atoms with Crippen molar-refractivity contribution >= 4 is 37.8 Å². The minimum absolute atomic E-state index is 0.0891. The number of primary amides is 1. The quantitative estimate of drug-likeness (QED) is 0.837. The SMILES string of the molecule is CC(N)Cc1cc(Br)c(OCC(N)=O)c(Br)c1. The Morgan fingerprint density at radius 2 is 1.94 bits per heavy atom. The van der Waals surface area contributed by atoms with E-state index in [-0.39, 0.29) is 12.6 Å². The van der Waals surface area contributed by atoms with Crippen molar-refractivity contribution in [3.05, 3.63) is 26.6 Å². The highest BCUT2D eigenvalue weighted by atomic mass is 79.9. The molecule has 0 spiro atoms. The molecule has 1 amide bonds. The molecule has 1 aromatic carbocycles. The first kappa shape index (κ1) is 14.5. The van der Waals surface area contributed by atoms with Gasteiger partial charge in [-0.05, 0) is 62.9 Å². The molecule has 0 aromatic heterocycles. The summed E-state index contributed by atoms with van der Waals surface area (Å²) in [4.78, 5) is 10.7. The summed E-state index contributed by atoms with van der Waals surface area (Å²) in [6.45, 7) is 1.79. The van der Waals surface area contributed by atoms with E-state index >= 15 is 0 Å². The normalized spacial score (nSPS) is 12.2. The van der Waals surface area contributed by atoms with Gasteiger partial charge in [-0.15, -0.1) is 0 Å². The predicted octanol–water partition coefficient (Wildman–Crippen LogP) is 1.97. The third-order valence-electron chi connectivity index (χ3n) is 1.97. The molecule has 0 heterocycles. The molecule has 0 aliphatic heterocycles. The smallest absolute Gasteiger partial charge is 0.255 e. The average molecular weight is 366 g/mol. The van der Waals surface area contributed by atoms with E-state index in [4.69, 9.17) is 16.2 Å². The van der Waals surface area contributed by atoms with Gasteiger partial charge in [0, 0.05) is 6.04 Å². The van der Waals surface area contributed by atoms with E-state index in [1.54, 1.807) is 0 Å². The lowest BCUT2D eigenvalue weighted by Crippen LogP contribution is -2.20. The lowest BCUT2D eigenvalue weighted by Gasteiger charge is -2.12. The molecule has 94 valence electrons. The van der Waals surface area contributed by atoms with Crippen LogP contribution in [0.2, 0.25) is 0 Å². The average Bonchev–Trinajstić information content (AvgIpc) is 2.14. The van der Waals surface area contributed by atoms with E-state index in [9.17, 15) is 4.79 Å². The molecule has 17 heavy (non-hydrogen) atoms. The molecular weight excluding hydrogens is 352 g/mol. The zero-order valence-electron chi connectivity index (χ0n) is 9.37. The molecule has 0 saturated heterocycles. The molecule has 0 aliphatic carbocycles. The zero-order valence-corrected chi connectivity index (χ0v) is 12.5. The third kappa shape index (κ3) is 4.65. The Bertz CT molecular complexity index is 399. The van der Waals surface area contributed by atoms with Crippen LogP contribution in [0.15, 0.2) is 21.1 Å². The highest BCUT2D eigenvalue weighted by Crippen LogP contribution is 2.35. The minimum Gasteiger partial charge on any atom is -0.481 e. The minimum atomic E-state index is -0.511. The highest BCUT2D eigenvalue weighted by molar-refractivity contribution is 9.11. The number of ether oxygens (including phenoxy) is 1. The molecule has 0 aliphatic rings. The molecule has 4 N–H and O–H groups in total. The zero-order chi connectivity index (χ0) is 13.0. The summed E-state index contributed by atoms with van der Waals surface area (Å²) < 4.78 is 6.82. The Labute approximate surface area is 117 Å². The van der Waals surface area contributed by atoms with Crippen molar-refractivity contribution < 1.29 is 9.53 Å². The topological polar surface area (TPSA) is 78.3 Å². The van der Waals surface area contributed by atoms with Crippen LogP contribution in [0, 0.1) is 0 Å². The van der Waals surface area contributed by atoms with Crippen LogP contribution in [-0.2, 0) is 11.2 Å². The Kier molecular flexibility index (Phi) is 5.42. The van der Waals surface area contributed by atoms with E-state index in [1.807, 2.05) is 19.1 Å². The van der Waals surface area contributed by atoms with E-state index in [1.165, 1.54) is 0 Å². The van der Waals surface area contributed by atoms with Gasteiger partial charge in [-0.25, -0.2) is 0 Å². The number of benzene rings is 1. The van der Waals surface area contributed by atoms with Crippen molar-refractivity contribution in [2.75, 3.05) is 6.61 Å². The summed E-state index contributed by atoms with van der Waals surface area (Å²) in [5.41, 5.74) is 11.9. The van der Waals surface area contributed by atoms with Crippen molar-refractivity contribution in [3.63, 3.8) is 0 Å². The number of amides is 1. The molecule has 1 aromatic rings. The fraction of sp³-hybridized carbons (Fsp3) is 0.364. The predicted molar refractivity (Wildman–Crippen MR) is 73.9 cm³/mol. The van der Waals surface area contributed by atoms with Gasteiger partial charge in [0.1, 0.15) is 5.75 Å². The molecule has 0 bridgehead atoms. The summed E-state index contributed by atoms with van der Waals surface area (Å²) in [6, 6.07) is 3.93. The van der Waals surface area contributed by atoms with E-state index in [0.717, 1.165) is 20.9 Å². The van der Waals surface area contributed by atoms with Crippen LogP contribution in [0.4, 0.5) is 0 Å². The van der Waals surface area contributed by atoms with Gasteiger partial charge in [-0.2, -0.15) is 0 Å². The molecule has 1 unspecified atom stereocenters. The van der Waals surface area contributed by atoms with Gasteiger partial charge in [0.2, 0.25) is 0 Å². The lowest BCUT2D eigenvalue weighted by atomic mass is 10.1. The summed E-state index contributed by atoms with van der Waals surface area (Å²) >= 11 is 6.78.